The van der Waals surface area contributed by atoms with Crippen LogP contribution in [0.3, 0.4) is 0 Å². The molecule has 2 rings (SSSR count). The molecule has 0 saturated carbocycles. The maximum absolute atomic E-state index is 12.2. The number of benzene rings is 2. The first kappa shape index (κ1) is 13.3. The van der Waals surface area contributed by atoms with Crippen LogP contribution in [0.25, 0.3) is 11.1 Å². The van der Waals surface area contributed by atoms with Gasteiger partial charge in [0.2, 0.25) is 0 Å². The van der Waals surface area contributed by atoms with Crippen LogP contribution in [0.5, 0.6) is 5.75 Å². The molecule has 0 aliphatic carbocycles. The van der Waals surface area contributed by atoms with Crippen molar-refractivity contribution < 1.29 is 17.9 Å². The molecule has 0 atom stereocenters. The van der Waals surface area contributed by atoms with Crippen LogP contribution in [-0.4, -0.2) is 6.36 Å². The third-order valence-electron chi connectivity index (χ3n) is 2.67. The number of aryl methyl sites for hydroxylation is 1. The minimum absolute atomic E-state index is 0.237. The molecular formula is C14H12F3NO. The van der Waals surface area contributed by atoms with Gasteiger partial charge in [0.05, 0.1) is 0 Å². The lowest BCUT2D eigenvalue weighted by molar-refractivity contribution is -0.274. The smallest absolute Gasteiger partial charge is 0.406 e. The van der Waals surface area contributed by atoms with Crippen LogP contribution in [0.4, 0.5) is 18.9 Å². The normalized spacial score (nSPS) is 11.4. The van der Waals surface area contributed by atoms with Crippen molar-refractivity contribution in [1.82, 2.24) is 0 Å². The first-order valence-electron chi connectivity index (χ1n) is 5.57. The highest BCUT2D eigenvalue weighted by Gasteiger charge is 2.31. The lowest BCUT2D eigenvalue weighted by atomic mass is 10.0. The van der Waals surface area contributed by atoms with Gasteiger partial charge in [0.1, 0.15) is 5.75 Å². The Balaban J connectivity index is 2.35. The molecule has 5 heteroatoms. The molecule has 0 unspecified atom stereocenters. The molecule has 0 spiro atoms. The zero-order chi connectivity index (χ0) is 14.0. The molecule has 2 nitrogen and oxygen atoms in total. The van der Waals surface area contributed by atoms with Gasteiger partial charge in [-0.3, -0.25) is 0 Å². The highest BCUT2D eigenvalue weighted by molar-refractivity contribution is 5.68. The molecule has 0 fully saturated rings. The second kappa shape index (κ2) is 4.84. The Bertz CT molecular complexity index is 593. The Kier molecular flexibility index (Phi) is 3.38. The van der Waals surface area contributed by atoms with E-state index in [0.29, 0.717) is 11.3 Å². The zero-order valence-corrected chi connectivity index (χ0v) is 10.2. The monoisotopic (exact) mass is 267 g/mol. The Morgan fingerprint density at radius 3 is 2.32 bits per heavy atom. The number of hydrogen-bond acceptors (Lipinski definition) is 2. The summed E-state index contributed by atoms with van der Waals surface area (Å²) in [6, 6.07) is 11.1. The third kappa shape index (κ3) is 3.40. The van der Waals surface area contributed by atoms with Gasteiger partial charge in [-0.25, -0.2) is 0 Å². The van der Waals surface area contributed by atoms with Crippen molar-refractivity contribution >= 4 is 5.69 Å². The van der Waals surface area contributed by atoms with Gasteiger partial charge < -0.3 is 10.5 Å². The summed E-state index contributed by atoms with van der Waals surface area (Å²) in [4.78, 5) is 0. The van der Waals surface area contributed by atoms with E-state index < -0.39 is 6.36 Å². The molecule has 0 amide bonds. The maximum Gasteiger partial charge on any atom is 0.573 e. The highest BCUT2D eigenvalue weighted by Crippen LogP contribution is 2.29. The summed E-state index contributed by atoms with van der Waals surface area (Å²) in [5.74, 6) is -0.237. The molecule has 0 aliphatic heterocycles. The molecule has 0 saturated heterocycles. The van der Waals surface area contributed by atoms with Crippen molar-refractivity contribution in [2.75, 3.05) is 5.73 Å². The van der Waals surface area contributed by atoms with Gasteiger partial charge in [-0.15, -0.1) is 13.2 Å². The third-order valence-corrected chi connectivity index (χ3v) is 2.67. The molecule has 0 aromatic heterocycles. The quantitative estimate of drug-likeness (QED) is 0.830. The van der Waals surface area contributed by atoms with Crippen molar-refractivity contribution in [3.05, 3.63) is 48.0 Å². The minimum atomic E-state index is -4.68. The van der Waals surface area contributed by atoms with Crippen LogP contribution < -0.4 is 10.5 Å². The number of halogens is 3. The van der Waals surface area contributed by atoms with Crippen molar-refractivity contribution in [2.45, 2.75) is 13.3 Å². The number of rotatable bonds is 2. The average Bonchev–Trinajstić information content (AvgIpc) is 2.31. The molecular weight excluding hydrogens is 255 g/mol. The van der Waals surface area contributed by atoms with E-state index in [0.717, 1.165) is 11.1 Å². The fourth-order valence-corrected chi connectivity index (χ4v) is 1.73. The van der Waals surface area contributed by atoms with E-state index in [2.05, 4.69) is 4.74 Å². The molecule has 0 bridgehead atoms. The van der Waals surface area contributed by atoms with E-state index in [1.807, 2.05) is 13.0 Å². The predicted molar refractivity (Wildman–Crippen MR) is 67.7 cm³/mol. The van der Waals surface area contributed by atoms with E-state index in [-0.39, 0.29) is 5.75 Å². The second-order valence-corrected chi connectivity index (χ2v) is 4.15. The van der Waals surface area contributed by atoms with Crippen LogP contribution in [-0.2, 0) is 0 Å². The van der Waals surface area contributed by atoms with E-state index in [9.17, 15) is 13.2 Å². The number of alkyl halides is 3. The summed E-state index contributed by atoms with van der Waals surface area (Å²) in [7, 11) is 0. The fourth-order valence-electron chi connectivity index (χ4n) is 1.73. The zero-order valence-electron chi connectivity index (χ0n) is 10.2. The lowest BCUT2D eigenvalue weighted by Gasteiger charge is -2.10. The van der Waals surface area contributed by atoms with Crippen LogP contribution in [0.2, 0.25) is 0 Å². The Hall–Kier alpha value is -2.17. The first-order valence-corrected chi connectivity index (χ1v) is 5.57. The summed E-state index contributed by atoms with van der Waals surface area (Å²) in [5, 5.41) is 0. The van der Waals surface area contributed by atoms with Crippen LogP contribution >= 0.6 is 0 Å². The second-order valence-electron chi connectivity index (χ2n) is 4.15. The predicted octanol–water partition coefficient (Wildman–Crippen LogP) is 4.14. The lowest BCUT2D eigenvalue weighted by Crippen LogP contribution is -2.17. The van der Waals surface area contributed by atoms with Crippen molar-refractivity contribution in [3.63, 3.8) is 0 Å². The molecule has 2 aromatic rings. The first-order chi connectivity index (χ1) is 8.85. The van der Waals surface area contributed by atoms with Crippen LogP contribution in [0, 0.1) is 6.92 Å². The number of nitrogens with two attached hydrogens (primary N) is 1. The van der Waals surface area contributed by atoms with Gasteiger partial charge in [-0.1, -0.05) is 18.2 Å². The van der Waals surface area contributed by atoms with Crippen LogP contribution in [0.1, 0.15) is 5.56 Å². The van der Waals surface area contributed by atoms with E-state index in [1.165, 1.54) is 18.2 Å². The summed E-state index contributed by atoms with van der Waals surface area (Å²) in [6.07, 6.45) is -4.68. The Morgan fingerprint density at radius 2 is 1.68 bits per heavy atom. The standard InChI is InChI=1S/C14H12F3NO/c1-9-7-11(5-6-13(9)18)10-3-2-4-12(8-10)19-14(15,16)17/h2-8H,18H2,1H3. The summed E-state index contributed by atoms with van der Waals surface area (Å²) >= 11 is 0. The van der Waals surface area contributed by atoms with E-state index in [4.69, 9.17) is 5.73 Å². The number of nitrogen functional groups attached to an aromatic ring is 1. The molecule has 0 aliphatic rings. The van der Waals surface area contributed by atoms with Crippen molar-refractivity contribution in [1.29, 1.82) is 0 Å². The van der Waals surface area contributed by atoms with Gasteiger partial charge in [-0.05, 0) is 47.9 Å². The average molecular weight is 267 g/mol. The topological polar surface area (TPSA) is 35.2 Å². The fraction of sp³-hybridized carbons (Fsp3) is 0.143. The highest BCUT2D eigenvalue weighted by atomic mass is 19.4. The Morgan fingerprint density at radius 1 is 1.00 bits per heavy atom. The molecule has 100 valence electrons. The van der Waals surface area contributed by atoms with Gasteiger partial charge in [0.25, 0.3) is 0 Å². The largest absolute Gasteiger partial charge is 0.573 e. The summed E-state index contributed by atoms with van der Waals surface area (Å²) in [5.41, 5.74) is 8.66. The molecule has 0 radical (unpaired) electrons. The Labute approximate surface area is 108 Å². The molecule has 2 aromatic carbocycles. The molecule has 2 N–H and O–H groups in total. The van der Waals surface area contributed by atoms with Gasteiger partial charge in [0.15, 0.2) is 0 Å². The van der Waals surface area contributed by atoms with Gasteiger partial charge >= 0.3 is 6.36 Å². The van der Waals surface area contributed by atoms with Gasteiger partial charge in [0, 0.05) is 5.69 Å². The maximum atomic E-state index is 12.2. The molecule has 0 heterocycles. The van der Waals surface area contributed by atoms with Crippen molar-refractivity contribution in [2.24, 2.45) is 0 Å². The van der Waals surface area contributed by atoms with Crippen molar-refractivity contribution in [3.8, 4) is 16.9 Å². The van der Waals surface area contributed by atoms with Gasteiger partial charge in [-0.2, -0.15) is 0 Å². The van der Waals surface area contributed by atoms with Crippen LogP contribution in [0.15, 0.2) is 42.5 Å². The SMILES string of the molecule is Cc1cc(-c2cccc(OC(F)(F)F)c2)ccc1N. The number of anilines is 1. The summed E-state index contributed by atoms with van der Waals surface area (Å²) < 4.78 is 40.4. The molecule has 19 heavy (non-hydrogen) atoms. The minimum Gasteiger partial charge on any atom is -0.406 e. The van der Waals surface area contributed by atoms with E-state index in [1.54, 1.807) is 18.2 Å². The van der Waals surface area contributed by atoms with E-state index >= 15 is 0 Å². The summed E-state index contributed by atoms with van der Waals surface area (Å²) in [6.45, 7) is 1.84. The number of hydrogen-bond donors (Lipinski definition) is 1. The number of ether oxygens (including phenoxy) is 1.